The van der Waals surface area contributed by atoms with Crippen molar-refractivity contribution in [2.75, 3.05) is 12.4 Å². The molecule has 0 fully saturated rings. The first kappa shape index (κ1) is 22.2. The number of aromatic nitrogens is 1. The minimum absolute atomic E-state index is 0.112. The fourth-order valence-corrected chi connectivity index (χ4v) is 3.94. The van der Waals surface area contributed by atoms with Gasteiger partial charge >= 0.3 is 0 Å². The Morgan fingerprint density at radius 3 is 2.52 bits per heavy atom. The normalized spacial score (nSPS) is 15.9. The summed E-state index contributed by atoms with van der Waals surface area (Å²) >= 11 is 0. The summed E-state index contributed by atoms with van der Waals surface area (Å²) in [5, 5.41) is 2.94. The van der Waals surface area contributed by atoms with Crippen LogP contribution in [-0.2, 0) is 16.6 Å². The fraction of sp³-hybridized carbons (Fsp3) is 0.192. The maximum atomic E-state index is 13.4. The van der Waals surface area contributed by atoms with Gasteiger partial charge in [0.15, 0.2) is 0 Å². The number of carbonyl (C=O) groups excluding carboxylic acids is 2. The Labute approximate surface area is 191 Å². The predicted molar refractivity (Wildman–Crippen MR) is 125 cm³/mol. The molecular weight excluding hydrogens is 421 g/mol. The molecule has 2 heterocycles. The quantitative estimate of drug-likeness (QED) is 0.661. The van der Waals surface area contributed by atoms with Crippen LogP contribution in [-0.4, -0.2) is 28.3 Å². The minimum atomic E-state index is -0.487. The molecule has 1 aliphatic rings. The van der Waals surface area contributed by atoms with Gasteiger partial charge in [-0.3, -0.25) is 14.4 Å². The van der Waals surface area contributed by atoms with Gasteiger partial charge in [0.1, 0.15) is 5.82 Å². The second-order valence-corrected chi connectivity index (χ2v) is 8.22. The van der Waals surface area contributed by atoms with E-state index in [1.54, 1.807) is 50.6 Å². The molecule has 2 aromatic carbocycles. The Bertz CT molecular complexity index is 1330. The molecule has 4 rings (SSSR count). The SMILES string of the molecule is Cc1ccc(-c2cccn(C)c2=O)cc1NC(=O)C1=CN(C)C(=O)C[C@H]1c1ccc(F)cc1. The molecule has 0 aliphatic carbocycles. The van der Waals surface area contributed by atoms with Gasteiger partial charge in [-0.2, -0.15) is 0 Å². The van der Waals surface area contributed by atoms with E-state index in [-0.39, 0.29) is 29.6 Å². The number of carbonyl (C=O) groups is 2. The maximum Gasteiger partial charge on any atom is 0.258 e. The van der Waals surface area contributed by atoms with Crippen LogP contribution < -0.4 is 10.9 Å². The Kier molecular flexibility index (Phi) is 5.96. The number of benzene rings is 2. The molecule has 2 amide bonds. The number of pyridine rings is 1. The topological polar surface area (TPSA) is 71.4 Å². The molecule has 3 aromatic rings. The molecule has 0 spiro atoms. The summed E-state index contributed by atoms with van der Waals surface area (Å²) in [6, 6.07) is 14.8. The minimum Gasteiger partial charge on any atom is -0.322 e. The van der Waals surface area contributed by atoms with Crippen LogP contribution in [0.25, 0.3) is 11.1 Å². The molecule has 1 aromatic heterocycles. The number of nitrogens with zero attached hydrogens (tertiary/aromatic N) is 2. The Morgan fingerprint density at radius 1 is 1.06 bits per heavy atom. The molecule has 7 heteroatoms. The van der Waals surface area contributed by atoms with Crippen LogP contribution >= 0.6 is 0 Å². The maximum absolute atomic E-state index is 13.4. The van der Waals surface area contributed by atoms with Crippen molar-refractivity contribution < 1.29 is 14.0 Å². The van der Waals surface area contributed by atoms with Gasteiger partial charge in [0.25, 0.3) is 11.5 Å². The lowest BCUT2D eigenvalue weighted by atomic mass is 9.85. The number of anilines is 1. The summed E-state index contributed by atoms with van der Waals surface area (Å²) in [6.45, 7) is 1.87. The van der Waals surface area contributed by atoms with Crippen LogP contribution in [0.3, 0.4) is 0 Å². The molecule has 0 saturated carbocycles. The largest absolute Gasteiger partial charge is 0.322 e. The third kappa shape index (κ3) is 4.48. The Hall–Kier alpha value is -4.00. The first-order valence-electron chi connectivity index (χ1n) is 10.6. The summed E-state index contributed by atoms with van der Waals surface area (Å²) in [4.78, 5) is 39.6. The lowest BCUT2D eigenvalue weighted by Crippen LogP contribution is -2.33. The number of hydrogen-bond acceptors (Lipinski definition) is 3. The monoisotopic (exact) mass is 445 g/mol. The van der Waals surface area contributed by atoms with Gasteiger partial charge in [0.05, 0.1) is 0 Å². The van der Waals surface area contributed by atoms with E-state index in [2.05, 4.69) is 5.32 Å². The predicted octanol–water partition coefficient (Wildman–Crippen LogP) is 3.97. The molecule has 1 N–H and O–H groups in total. The second-order valence-electron chi connectivity index (χ2n) is 8.22. The van der Waals surface area contributed by atoms with Crippen LogP contribution in [0, 0.1) is 12.7 Å². The van der Waals surface area contributed by atoms with Gasteiger partial charge in [-0.05, 0) is 53.9 Å². The highest BCUT2D eigenvalue weighted by Crippen LogP contribution is 2.34. The van der Waals surface area contributed by atoms with Gasteiger partial charge in [0.2, 0.25) is 5.91 Å². The molecule has 1 atom stereocenters. The van der Waals surface area contributed by atoms with E-state index in [1.165, 1.54) is 27.8 Å². The van der Waals surface area contributed by atoms with Crippen LogP contribution in [0.4, 0.5) is 10.1 Å². The fourth-order valence-electron chi connectivity index (χ4n) is 3.94. The third-order valence-corrected chi connectivity index (χ3v) is 5.93. The van der Waals surface area contributed by atoms with E-state index in [1.807, 2.05) is 19.1 Å². The number of amides is 2. The zero-order valence-electron chi connectivity index (χ0n) is 18.6. The highest BCUT2D eigenvalue weighted by Gasteiger charge is 2.31. The van der Waals surface area contributed by atoms with Crippen molar-refractivity contribution in [1.82, 2.24) is 9.47 Å². The average Bonchev–Trinajstić information content (AvgIpc) is 2.79. The second kappa shape index (κ2) is 8.86. The lowest BCUT2D eigenvalue weighted by Gasteiger charge is -2.28. The molecule has 0 unspecified atom stereocenters. The van der Waals surface area contributed by atoms with Gasteiger partial charge in [-0.1, -0.05) is 24.3 Å². The number of aryl methyl sites for hydroxylation is 2. The molecule has 0 saturated heterocycles. The zero-order chi connectivity index (χ0) is 23.7. The first-order chi connectivity index (χ1) is 15.7. The third-order valence-electron chi connectivity index (χ3n) is 5.93. The van der Waals surface area contributed by atoms with E-state index in [9.17, 15) is 18.8 Å². The van der Waals surface area contributed by atoms with Crippen molar-refractivity contribution in [2.45, 2.75) is 19.3 Å². The smallest absolute Gasteiger partial charge is 0.258 e. The summed E-state index contributed by atoms with van der Waals surface area (Å²) < 4.78 is 14.9. The lowest BCUT2D eigenvalue weighted by molar-refractivity contribution is -0.128. The van der Waals surface area contributed by atoms with Crippen molar-refractivity contribution in [1.29, 1.82) is 0 Å². The molecule has 0 bridgehead atoms. The van der Waals surface area contributed by atoms with Gasteiger partial charge < -0.3 is 14.8 Å². The summed E-state index contributed by atoms with van der Waals surface area (Å²) in [5.74, 6) is -1.35. The molecule has 1 aliphatic heterocycles. The zero-order valence-corrected chi connectivity index (χ0v) is 18.6. The number of halogens is 1. The highest BCUT2D eigenvalue weighted by atomic mass is 19.1. The Morgan fingerprint density at radius 2 is 1.79 bits per heavy atom. The van der Waals surface area contributed by atoms with E-state index in [0.717, 1.165) is 5.56 Å². The van der Waals surface area contributed by atoms with Crippen molar-refractivity contribution in [3.05, 3.63) is 99.9 Å². The molecule has 0 radical (unpaired) electrons. The van der Waals surface area contributed by atoms with Crippen molar-refractivity contribution in [3.63, 3.8) is 0 Å². The van der Waals surface area contributed by atoms with Crippen molar-refractivity contribution in [3.8, 4) is 11.1 Å². The van der Waals surface area contributed by atoms with Crippen LogP contribution in [0.2, 0.25) is 0 Å². The number of nitrogens with one attached hydrogen (secondary N) is 1. The standard InChI is InChI=1S/C26H24FN3O3/c1-16-6-7-18(20-5-4-12-29(2)26(20)33)13-23(16)28-25(32)22-15-30(3)24(31)14-21(22)17-8-10-19(27)11-9-17/h4-13,15,21H,14H2,1-3H3,(H,28,32)/t21-/m0/s1. The van der Waals surface area contributed by atoms with E-state index in [4.69, 9.17) is 0 Å². The van der Waals surface area contributed by atoms with Crippen LogP contribution in [0.1, 0.15) is 23.5 Å². The summed E-state index contributed by atoms with van der Waals surface area (Å²) in [7, 11) is 3.29. The van der Waals surface area contributed by atoms with Crippen LogP contribution in [0.15, 0.2) is 77.4 Å². The average molecular weight is 445 g/mol. The van der Waals surface area contributed by atoms with Gasteiger partial charge in [0, 0.05) is 55.7 Å². The molecular formula is C26H24FN3O3. The van der Waals surface area contributed by atoms with Crippen molar-refractivity contribution in [2.24, 2.45) is 7.05 Å². The molecule has 33 heavy (non-hydrogen) atoms. The number of hydrogen-bond donors (Lipinski definition) is 1. The van der Waals surface area contributed by atoms with Crippen molar-refractivity contribution >= 4 is 17.5 Å². The van der Waals surface area contributed by atoms with E-state index in [0.29, 0.717) is 28.0 Å². The summed E-state index contributed by atoms with van der Waals surface area (Å²) in [5.41, 5.74) is 3.59. The number of rotatable bonds is 4. The molecule has 6 nitrogen and oxygen atoms in total. The van der Waals surface area contributed by atoms with E-state index < -0.39 is 5.92 Å². The van der Waals surface area contributed by atoms with E-state index >= 15 is 0 Å². The van der Waals surface area contributed by atoms with Gasteiger partial charge in [-0.15, -0.1) is 0 Å². The molecule has 168 valence electrons. The Balaban J connectivity index is 1.68. The van der Waals surface area contributed by atoms with Gasteiger partial charge in [-0.25, -0.2) is 4.39 Å². The van der Waals surface area contributed by atoms with Crippen LogP contribution in [0.5, 0.6) is 0 Å². The summed E-state index contributed by atoms with van der Waals surface area (Å²) in [6.07, 6.45) is 3.33. The highest BCUT2D eigenvalue weighted by molar-refractivity contribution is 6.07. The first-order valence-corrected chi connectivity index (χ1v) is 10.6.